The predicted octanol–water partition coefficient (Wildman–Crippen LogP) is 2.25. The summed E-state index contributed by atoms with van der Waals surface area (Å²) in [5, 5.41) is 12.3. The predicted molar refractivity (Wildman–Crippen MR) is 69.8 cm³/mol. The molecular weight excluding hydrogens is 228 g/mol. The van der Waals surface area contributed by atoms with Crippen molar-refractivity contribution >= 4 is 5.91 Å². The Morgan fingerprint density at radius 1 is 1.44 bits per heavy atom. The zero-order chi connectivity index (χ0) is 13.6. The second-order valence-electron chi connectivity index (χ2n) is 5.43. The Hall–Kier alpha value is -1.08. The number of amides is 1. The fourth-order valence-electron chi connectivity index (χ4n) is 2.30. The van der Waals surface area contributed by atoms with E-state index in [-0.39, 0.29) is 11.9 Å². The van der Waals surface area contributed by atoms with E-state index in [1.165, 1.54) is 0 Å². The molecule has 0 aromatic rings. The molecule has 102 valence electrons. The van der Waals surface area contributed by atoms with Gasteiger partial charge in [0.1, 0.15) is 5.41 Å². The molecule has 1 N–H and O–H groups in total. The molecule has 1 fully saturated rings. The van der Waals surface area contributed by atoms with E-state index in [1.54, 1.807) is 0 Å². The van der Waals surface area contributed by atoms with Gasteiger partial charge in [0, 0.05) is 19.3 Å². The number of carbonyl (C=O) groups excluding carboxylic acids is 1. The molecule has 0 aliphatic carbocycles. The molecule has 0 aromatic heterocycles. The summed E-state index contributed by atoms with van der Waals surface area (Å²) in [6, 6.07) is 2.32. The number of hydrogen-bond donors (Lipinski definition) is 1. The molecule has 1 aliphatic rings. The molecule has 18 heavy (non-hydrogen) atoms. The lowest BCUT2D eigenvalue weighted by Crippen LogP contribution is -2.47. The van der Waals surface area contributed by atoms with E-state index in [0.717, 1.165) is 12.8 Å². The van der Waals surface area contributed by atoms with Gasteiger partial charge in [0.2, 0.25) is 5.91 Å². The number of hydrogen-bond acceptors (Lipinski definition) is 3. The van der Waals surface area contributed by atoms with Gasteiger partial charge in [-0.05, 0) is 32.1 Å². The topological polar surface area (TPSA) is 62.1 Å². The van der Waals surface area contributed by atoms with Crippen LogP contribution in [0.25, 0.3) is 0 Å². The highest BCUT2D eigenvalue weighted by Gasteiger charge is 2.40. The van der Waals surface area contributed by atoms with E-state index >= 15 is 0 Å². The van der Waals surface area contributed by atoms with E-state index in [2.05, 4.69) is 25.2 Å². The SMILES string of the molecule is CCC(C)CC(C)NC(=O)C1(C#N)CCOCC1. The summed E-state index contributed by atoms with van der Waals surface area (Å²) in [7, 11) is 0. The number of nitrogens with one attached hydrogen (secondary N) is 1. The summed E-state index contributed by atoms with van der Waals surface area (Å²) in [5.74, 6) is 0.470. The van der Waals surface area contributed by atoms with Gasteiger partial charge in [-0.25, -0.2) is 0 Å². The first kappa shape index (κ1) is 15.0. The van der Waals surface area contributed by atoms with Crippen molar-refractivity contribution in [2.75, 3.05) is 13.2 Å². The lowest BCUT2D eigenvalue weighted by atomic mass is 9.80. The van der Waals surface area contributed by atoms with Crippen LogP contribution in [-0.4, -0.2) is 25.2 Å². The van der Waals surface area contributed by atoms with Crippen LogP contribution in [0.1, 0.15) is 46.5 Å². The van der Waals surface area contributed by atoms with Gasteiger partial charge in [0.25, 0.3) is 0 Å². The third kappa shape index (κ3) is 3.71. The third-order valence-corrected chi connectivity index (χ3v) is 3.83. The lowest BCUT2D eigenvalue weighted by molar-refractivity contribution is -0.133. The minimum absolute atomic E-state index is 0.121. The molecule has 1 saturated heterocycles. The third-order valence-electron chi connectivity index (χ3n) is 3.83. The Kier molecular flexibility index (Phi) is 5.61. The molecule has 4 nitrogen and oxygen atoms in total. The molecule has 2 atom stereocenters. The van der Waals surface area contributed by atoms with E-state index < -0.39 is 5.41 Å². The van der Waals surface area contributed by atoms with Gasteiger partial charge in [-0.2, -0.15) is 5.26 Å². The average molecular weight is 252 g/mol. The molecule has 2 unspecified atom stereocenters. The maximum atomic E-state index is 12.2. The van der Waals surface area contributed by atoms with E-state index in [9.17, 15) is 10.1 Å². The van der Waals surface area contributed by atoms with Crippen LogP contribution in [0.3, 0.4) is 0 Å². The van der Waals surface area contributed by atoms with Crippen LogP contribution in [-0.2, 0) is 9.53 Å². The second kappa shape index (κ2) is 6.75. The largest absolute Gasteiger partial charge is 0.381 e. The minimum atomic E-state index is -0.873. The van der Waals surface area contributed by atoms with Crippen molar-refractivity contribution in [2.45, 2.75) is 52.5 Å². The zero-order valence-corrected chi connectivity index (χ0v) is 11.7. The van der Waals surface area contributed by atoms with Gasteiger partial charge in [-0.15, -0.1) is 0 Å². The zero-order valence-electron chi connectivity index (χ0n) is 11.7. The number of rotatable bonds is 5. The van der Waals surface area contributed by atoms with Gasteiger partial charge in [-0.3, -0.25) is 4.79 Å². The molecule has 0 aromatic carbocycles. The van der Waals surface area contributed by atoms with Crippen molar-refractivity contribution in [1.29, 1.82) is 5.26 Å². The summed E-state index contributed by atoms with van der Waals surface area (Å²) in [4.78, 5) is 12.2. The van der Waals surface area contributed by atoms with E-state index in [1.807, 2.05) is 6.92 Å². The Morgan fingerprint density at radius 3 is 2.56 bits per heavy atom. The van der Waals surface area contributed by atoms with Crippen LogP contribution in [0, 0.1) is 22.7 Å². The molecule has 1 aliphatic heterocycles. The van der Waals surface area contributed by atoms with Crippen molar-refractivity contribution < 1.29 is 9.53 Å². The first-order valence-electron chi connectivity index (χ1n) is 6.84. The summed E-state index contributed by atoms with van der Waals surface area (Å²) >= 11 is 0. The number of carbonyl (C=O) groups is 1. The first-order chi connectivity index (χ1) is 8.54. The maximum absolute atomic E-state index is 12.2. The molecule has 0 spiro atoms. The first-order valence-corrected chi connectivity index (χ1v) is 6.84. The Morgan fingerprint density at radius 2 is 2.06 bits per heavy atom. The highest BCUT2D eigenvalue weighted by atomic mass is 16.5. The molecule has 4 heteroatoms. The maximum Gasteiger partial charge on any atom is 0.240 e. The minimum Gasteiger partial charge on any atom is -0.381 e. The van der Waals surface area contributed by atoms with Crippen molar-refractivity contribution in [3.05, 3.63) is 0 Å². The molecule has 0 bridgehead atoms. The van der Waals surface area contributed by atoms with Crippen LogP contribution < -0.4 is 5.32 Å². The van der Waals surface area contributed by atoms with Crippen molar-refractivity contribution in [3.63, 3.8) is 0 Å². The summed E-state index contributed by atoms with van der Waals surface area (Å²) in [5.41, 5.74) is -0.873. The Balaban J connectivity index is 2.55. The fraction of sp³-hybridized carbons (Fsp3) is 0.857. The normalized spacial score (nSPS) is 21.7. The van der Waals surface area contributed by atoms with Crippen LogP contribution in [0.5, 0.6) is 0 Å². The second-order valence-corrected chi connectivity index (χ2v) is 5.43. The van der Waals surface area contributed by atoms with Gasteiger partial charge >= 0.3 is 0 Å². The quantitative estimate of drug-likeness (QED) is 0.816. The van der Waals surface area contributed by atoms with Crippen molar-refractivity contribution in [3.8, 4) is 6.07 Å². The Labute approximate surface area is 110 Å². The summed E-state index contributed by atoms with van der Waals surface area (Å²) < 4.78 is 5.23. The molecule has 0 radical (unpaired) electrons. The standard InChI is InChI=1S/C14H24N2O2/c1-4-11(2)9-12(3)16-13(17)14(10-15)5-7-18-8-6-14/h11-12H,4-9H2,1-3H3,(H,16,17). The van der Waals surface area contributed by atoms with Gasteiger partial charge in [0.15, 0.2) is 0 Å². The monoisotopic (exact) mass is 252 g/mol. The molecule has 1 rings (SSSR count). The molecule has 0 saturated carbocycles. The summed E-state index contributed by atoms with van der Waals surface area (Å²) in [6.45, 7) is 7.33. The molecule has 1 amide bonds. The highest BCUT2D eigenvalue weighted by Crippen LogP contribution is 2.30. The van der Waals surface area contributed by atoms with Crippen molar-refractivity contribution in [1.82, 2.24) is 5.32 Å². The van der Waals surface area contributed by atoms with Gasteiger partial charge in [-0.1, -0.05) is 20.3 Å². The molecule has 1 heterocycles. The van der Waals surface area contributed by atoms with Crippen LogP contribution in [0.15, 0.2) is 0 Å². The van der Waals surface area contributed by atoms with E-state index in [4.69, 9.17) is 4.74 Å². The molecular formula is C14H24N2O2. The smallest absolute Gasteiger partial charge is 0.240 e. The summed E-state index contributed by atoms with van der Waals surface area (Å²) in [6.07, 6.45) is 3.08. The lowest BCUT2D eigenvalue weighted by Gasteiger charge is -2.31. The Bertz CT molecular complexity index is 316. The van der Waals surface area contributed by atoms with E-state index in [0.29, 0.717) is 32.0 Å². The number of nitriles is 1. The van der Waals surface area contributed by atoms with Crippen LogP contribution in [0.4, 0.5) is 0 Å². The average Bonchev–Trinajstić information content (AvgIpc) is 2.39. The van der Waals surface area contributed by atoms with Gasteiger partial charge in [0.05, 0.1) is 6.07 Å². The number of nitrogens with zero attached hydrogens (tertiary/aromatic N) is 1. The van der Waals surface area contributed by atoms with Crippen LogP contribution in [0.2, 0.25) is 0 Å². The van der Waals surface area contributed by atoms with Crippen molar-refractivity contribution in [2.24, 2.45) is 11.3 Å². The number of ether oxygens (including phenoxy) is 1. The van der Waals surface area contributed by atoms with Crippen LogP contribution >= 0.6 is 0 Å². The fourth-order valence-corrected chi connectivity index (χ4v) is 2.30. The highest BCUT2D eigenvalue weighted by molar-refractivity contribution is 5.85. The van der Waals surface area contributed by atoms with Gasteiger partial charge < -0.3 is 10.1 Å².